The van der Waals surface area contributed by atoms with E-state index in [1.54, 1.807) is 12.1 Å². The lowest BCUT2D eigenvalue weighted by Crippen LogP contribution is -2.60. The molecule has 0 bridgehead atoms. The molecule has 0 atom stereocenters. The maximum Gasteiger partial charge on any atom is 0.407 e. The molecule has 3 rings (SSSR count). The van der Waals surface area contributed by atoms with Gasteiger partial charge in [-0.25, -0.2) is 13.2 Å². The van der Waals surface area contributed by atoms with Crippen LogP contribution in [0.1, 0.15) is 11.1 Å². The molecule has 2 aromatic rings. The fourth-order valence-corrected chi connectivity index (χ4v) is 4.65. The minimum Gasteiger partial charge on any atom is -0.465 e. The quantitative estimate of drug-likeness (QED) is 0.625. The maximum absolute atomic E-state index is 12.7. The number of rotatable bonds is 8. The van der Waals surface area contributed by atoms with E-state index in [1.807, 2.05) is 30.3 Å². The smallest absolute Gasteiger partial charge is 0.407 e. The summed E-state index contributed by atoms with van der Waals surface area (Å²) >= 11 is 0. The summed E-state index contributed by atoms with van der Waals surface area (Å²) in [4.78, 5) is 24.3. The van der Waals surface area contributed by atoms with Crippen molar-refractivity contribution >= 4 is 22.0 Å². The molecule has 0 saturated carbocycles. The summed E-state index contributed by atoms with van der Waals surface area (Å²) in [6.45, 7) is 4.15. The minimum absolute atomic E-state index is 0.129. The van der Waals surface area contributed by atoms with Crippen molar-refractivity contribution in [2.75, 3.05) is 13.1 Å². The summed E-state index contributed by atoms with van der Waals surface area (Å²) in [5, 5.41) is 12.1. The van der Waals surface area contributed by atoms with Crippen molar-refractivity contribution in [1.29, 1.82) is 0 Å². The number of amides is 2. The third kappa shape index (κ3) is 5.05. The fraction of sp³-hybridized carbons (Fsp3) is 0.238. The van der Waals surface area contributed by atoms with Crippen molar-refractivity contribution in [2.45, 2.75) is 24.0 Å². The van der Waals surface area contributed by atoms with Crippen molar-refractivity contribution in [3.8, 4) is 0 Å². The van der Waals surface area contributed by atoms with Crippen LogP contribution in [-0.2, 0) is 27.9 Å². The molecule has 2 N–H and O–H groups in total. The first-order chi connectivity index (χ1) is 14.3. The Morgan fingerprint density at radius 2 is 1.63 bits per heavy atom. The molecule has 0 aromatic heterocycles. The lowest BCUT2D eigenvalue weighted by atomic mass is 10.2. The molecule has 1 aliphatic heterocycles. The van der Waals surface area contributed by atoms with E-state index in [-0.39, 0.29) is 43.0 Å². The average molecular weight is 429 g/mol. The number of carbonyl (C=O) groups is 2. The van der Waals surface area contributed by atoms with Crippen molar-refractivity contribution in [2.24, 2.45) is 0 Å². The normalized spacial score (nSPS) is 14.5. The summed E-state index contributed by atoms with van der Waals surface area (Å²) in [7, 11) is -3.66. The molecule has 8 nitrogen and oxygen atoms in total. The van der Waals surface area contributed by atoms with E-state index in [4.69, 9.17) is 0 Å². The molecule has 2 amide bonds. The van der Waals surface area contributed by atoms with Crippen LogP contribution in [0.15, 0.2) is 72.1 Å². The molecule has 158 valence electrons. The second-order valence-corrected chi connectivity index (χ2v) is 8.94. The van der Waals surface area contributed by atoms with E-state index in [0.29, 0.717) is 5.56 Å². The van der Waals surface area contributed by atoms with Crippen molar-refractivity contribution < 1.29 is 23.1 Å². The molecule has 1 aliphatic rings. The van der Waals surface area contributed by atoms with Gasteiger partial charge in [-0.05, 0) is 29.3 Å². The van der Waals surface area contributed by atoms with Crippen LogP contribution in [0.25, 0.3) is 0 Å². The second-order valence-electron chi connectivity index (χ2n) is 7.00. The van der Waals surface area contributed by atoms with Crippen LogP contribution in [0.4, 0.5) is 4.79 Å². The molecule has 9 heteroatoms. The highest BCUT2D eigenvalue weighted by Gasteiger charge is 2.37. The van der Waals surface area contributed by atoms with Crippen LogP contribution in [0.2, 0.25) is 0 Å². The molecule has 0 unspecified atom stereocenters. The highest BCUT2D eigenvalue weighted by atomic mass is 32.2. The average Bonchev–Trinajstić information content (AvgIpc) is 2.70. The van der Waals surface area contributed by atoms with Gasteiger partial charge >= 0.3 is 6.09 Å². The highest BCUT2D eigenvalue weighted by Crippen LogP contribution is 2.22. The Hall–Kier alpha value is -3.17. The molecular formula is C21H23N3O5S. The van der Waals surface area contributed by atoms with Gasteiger partial charge in [-0.3, -0.25) is 9.69 Å². The largest absolute Gasteiger partial charge is 0.465 e. The number of carboxylic acid groups (broad SMARTS) is 1. The SMILES string of the molecule is C=CC(=O)NC1CN(S(=O)(=O)c2ccc(CN(Cc3ccccc3)C(=O)O)cc2)C1. The summed E-state index contributed by atoms with van der Waals surface area (Å²) in [5.41, 5.74) is 1.56. The number of benzene rings is 2. The van der Waals surface area contributed by atoms with Gasteiger partial charge in [-0.1, -0.05) is 49.0 Å². The van der Waals surface area contributed by atoms with Gasteiger partial charge in [0.15, 0.2) is 0 Å². The van der Waals surface area contributed by atoms with Crippen molar-refractivity contribution in [3.05, 3.63) is 78.4 Å². The summed E-state index contributed by atoms with van der Waals surface area (Å²) in [6.07, 6.45) is 0.0948. The Balaban J connectivity index is 1.63. The van der Waals surface area contributed by atoms with Crippen LogP contribution < -0.4 is 5.32 Å². The van der Waals surface area contributed by atoms with Gasteiger partial charge in [0, 0.05) is 26.2 Å². The van der Waals surface area contributed by atoms with Gasteiger partial charge in [0.2, 0.25) is 15.9 Å². The number of nitrogens with one attached hydrogen (secondary N) is 1. The highest BCUT2D eigenvalue weighted by molar-refractivity contribution is 7.89. The lowest BCUT2D eigenvalue weighted by Gasteiger charge is -2.38. The number of carbonyl (C=O) groups excluding carboxylic acids is 1. The monoisotopic (exact) mass is 429 g/mol. The van der Waals surface area contributed by atoms with E-state index < -0.39 is 16.1 Å². The van der Waals surface area contributed by atoms with Gasteiger partial charge in [-0.15, -0.1) is 0 Å². The number of nitrogens with zero attached hydrogens (tertiary/aromatic N) is 2. The summed E-state index contributed by atoms with van der Waals surface area (Å²) in [5.74, 6) is -0.333. The first kappa shape index (κ1) is 21.5. The van der Waals surface area contributed by atoms with Crippen LogP contribution in [0.3, 0.4) is 0 Å². The Labute approximate surface area is 175 Å². The number of hydrogen-bond acceptors (Lipinski definition) is 4. The Morgan fingerprint density at radius 1 is 1.07 bits per heavy atom. The molecule has 30 heavy (non-hydrogen) atoms. The van der Waals surface area contributed by atoms with Gasteiger partial charge < -0.3 is 10.4 Å². The molecule has 0 spiro atoms. The van der Waals surface area contributed by atoms with E-state index in [9.17, 15) is 23.1 Å². The second kappa shape index (κ2) is 9.10. The molecule has 1 heterocycles. The van der Waals surface area contributed by atoms with E-state index >= 15 is 0 Å². The Morgan fingerprint density at radius 3 is 2.17 bits per heavy atom. The van der Waals surface area contributed by atoms with Crippen LogP contribution in [0, 0.1) is 0 Å². The zero-order valence-corrected chi connectivity index (χ0v) is 17.1. The molecule has 0 radical (unpaired) electrons. The van der Waals surface area contributed by atoms with Crippen LogP contribution >= 0.6 is 0 Å². The molecule has 2 aromatic carbocycles. The molecule has 1 saturated heterocycles. The van der Waals surface area contributed by atoms with Crippen LogP contribution in [0.5, 0.6) is 0 Å². The summed E-state index contributed by atoms with van der Waals surface area (Å²) in [6, 6.07) is 15.2. The molecule has 1 fully saturated rings. The zero-order valence-electron chi connectivity index (χ0n) is 16.3. The standard InChI is InChI=1S/C21H23N3O5S/c1-2-20(25)22-18-14-24(15-18)30(28,29)19-10-8-17(9-11-19)13-23(21(26)27)12-16-6-4-3-5-7-16/h2-11,18H,1,12-15H2,(H,22,25)(H,26,27). The fourth-order valence-electron chi connectivity index (χ4n) is 3.12. The Kier molecular flexibility index (Phi) is 6.53. The van der Waals surface area contributed by atoms with Gasteiger partial charge in [-0.2, -0.15) is 4.31 Å². The number of hydrogen-bond donors (Lipinski definition) is 2. The lowest BCUT2D eigenvalue weighted by molar-refractivity contribution is -0.117. The number of sulfonamides is 1. The molecular weight excluding hydrogens is 406 g/mol. The summed E-state index contributed by atoms with van der Waals surface area (Å²) < 4.78 is 26.7. The third-order valence-electron chi connectivity index (χ3n) is 4.80. The van der Waals surface area contributed by atoms with Gasteiger partial charge in [0.1, 0.15) is 0 Å². The zero-order chi connectivity index (χ0) is 21.7. The van der Waals surface area contributed by atoms with Crippen molar-refractivity contribution in [1.82, 2.24) is 14.5 Å². The maximum atomic E-state index is 12.7. The van der Waals surface area contributed by atoms with E-state index in [2.05, 4.69) is 11.9 Å². The van der Waals surface area contributed by atoms with Gasteiger partial charge in [0.25, 0.3) is 0 Å². The predicted molar refractivity (Wildman–Crippen MR) is 111 cm³/mol. The molecule has 0 aliphatic carbocycles. The van der Waals surface area contributed by atoms with E-state index in [1.165, 1.54) is 21.3 Å². The van der Waals surface area contributed by atoms with Gasteiger partial charge in [0.05, 0.1) is 10.9 Å². The first-order valence-electron chi connectivity index (χ1n) is 9.33. The van der Waals surface area contributed by atoms with E-state index in [0.717, 1.165) is 11.6 Å². The predicted octanol–water partition coefficient (Wildman–Crippen LogP) is 2.04. The third-order valence-corrected chi connectivity index (χ3v) is 6.65. The Bertz CT molecular complexity index is 1020. The topological polar surface area (TPSA) is 107 Å². The van der Waals surface area contributed by atoms with Crippen molar-refractivity contribution in [3.63, 3.8) is 0 Å². The first-order valence-corrected chi connectivity index (χ1v) is 10.8. The van der Waals surface area contributed by atoms with Crippen LogP contribution in [-0.4, -0.2) is 53.9 Å². The minimum atomic E-state index is -3.66.